The zero-order valence-corrected chi connectivity index (χ0v) is 15.8. The first-order valence-corrected chi connectivity index (χ1v) is 9.17. The second-order valence-corrected chi connectivity index (χ2v) is 7.24. The number of aromatic nitrogens is 1. The summed E-state index contributed by atoms with van der Waals surface area (Å²) in [4.78, 5) is 30.9. The molecule has 1 aliphatic heterocycles. The summed E-state index contributed by atoms with van der Waals surface area (Å²) in [6, 6.07) is 8.53. The van der Waals surface area contributed by atoms with E-state index in [0.29, 0.717) is 47.4 Å². The summed E-state index contributed by atoms with van der Waals surface area (Å²) in [5.74, 6) is 0.221. The minimum Gasteiger partial charge on any atom is -0.339 e. The van der Waals surface area contributed by atoms with Crippen molar-refractivity contribution in [3.63, 3.8) is 0 Å². The van der Waals surface area contributed by atoms with E-state index >= 15 is 0 Å². The van der Waals surface area contributed by atoms with E-state index in [4.69, 9.17) is 23.2 Å². The lowest BCUT2D eigenvalue weighted by Crippen LogP contribution is -2.41. The number of carbonyl (C=O) groups excluding carboxylic acids is 2. The van der Waals surface area contributed by atoms with Crippen molar-refractivity contribution in [1.29, 1.82) is 0 Å². The smallest absolute Gasteiger partial charge is 0.255 e. The lowest BCUT2D eigenvalue weighted by atomic mass is 9.95. The van der Waals surface area contributed by atoms with Gasteiger partial charge in [-0.15, -0.1) is 0 Å². The SMILES string of the molecule is Cc1ccc(NC(=O)C2CCN(C(=O)c3ccc(Cl)cc3Cl)CC2)nc1. The van der Waals surface area contributed by atoms with Gasteiger partial charge in [-0.2, -0.15) is 0 Å². The van der Waals surface area contributed by atoms with E-state index in [0.717, 1.165) is 5.56 Å². The fourth-order valence-electron chi connectivity index (χ4n) is 2.95. The van der Waals surface area contributed by atoms with Crippen molar-refractivity contribution in [2.24, 2.45) is 5.92 Å². The molecule has 0 saturated carbocycles. The maximum Gasteiger partial charge on any atom is 0.255 e. The van der Waals surface area contributed by atoms with Gasteiger partial charge >= 0.3 is 0 Å². The number of nitrogens with one attached hydrogen (secondary N) is 1. The normalized spacial score (nSPS) is 15.0. The summed E-state index contributed by atoms with van der Waals surface area (Å²) in [7, 11) is 0. The number of pyridine rings is 1. The molecule has 3 rings (SSSR count). The Morgan fingerprint density at radius 1 is 1.15 bits per heavy atom. The summed E-state index contributed by atoms with van der Waals surface area (Å²) < 4.78 is 0. The lowest BCUT2D eigenvalue weighted by molar-refractivity contribution is -0.121. The number of aryl methyl sites for hydroxylation is 1. The topological polar surface area (TPSA) is 62.3 Å². The van der Waals surface area contributed by atoms with Crippen LogP contribution in [0.5, 0.6) is 0 Å². The van der Waals surface area contributed by atoms with E-state index in [1.54, 1.807) is 35.4 Å². The van der Waals surface area contributed by atoms with Gasteiger partial charge in [-0.05, 0) is 49.6 Å². The molecule has 1 aromatic carbocycles. The Morgan fingerprint density at radius 2 is 1.88 bits per heavy atom. The largest absolute Gasteiger partial charge is 0.339 e. The third-order valence-electron chi connectivity index (χ3n) is 4.48. The van der Waals surface area contributed by atoms with Gasteiger partial charge in [-0.1, -0.05) is 29.3 Å². The first-order chi connectivity index (χ1) is 12.4. The molecule has 1 fully saturated rings. The molecule has 0 spiro atoms. The average Bonchev–Trinajstić information content (AvgIpc) is 2.63. The molecule has 2 amide bonds. The van der Waals surface area contributed by atoms with Crippen LogP contribution in [0.15, 0.2) is 36.5 Å². The van der Waals surface area contributed by atoms with Crippen molar-refractivity contribution >= 4 is 40.8 Å². The minimum absolute atomic E-state index is 0.0574. The predicted molar refractivity (Wildman–Crippen MR) is 103 cm³/mol. The number of halogens is 2. The summed E-state index contributed by atoms with van der Waals surface area (Å²) >= 11 is 12.0. The van der Waals surface area contributed by atoms with Crippen LogP contribution in [-0.2, 0) is 4.79 Å². The minimum atomic E-state index is -0.136. The zero-order valence-electron chi connectivity index (χ0n) is 14.3. The number of nitrogens with zero attached hydrogens (tertiary/aromatic N) is 2. The summed E-state index contributed by atoms with van der Waals surface area (Å²) in [5, 5.41) is 3.67. The molecule has 0 bridgehead atoms. The molecule has 0 atom stereocenters. The molecular formula is C19H19Cl2N3O2. The number of piperidine rings is 1. The number of hydrogen-bond acceptors (Lipinski definition) is 3. The predicted octanol–water partition coefficient (Wildman–Crippen LogP) is 4.19. The fraction of sp³-hybridized carbons (Fsp3) is 0.316. The maximum absolute atomic E-state index is 12.6. The van der Waals surface area contributed by atoms with Gasteiger partial charge in [0.15, 0.2) is 0 Å². The average molecular weight is 392 g/mol. The molecule has 1 aliphatic rings. The maximum atomic E-state index is 12.6. The van der Waals surface area contributed by atoms with Gasteiger partial charge in [-0.25, -0.2) is 4.98 Å². The highest BCUT2D eigenvalue weighted by Gasteiger charge is 2.28. The molecule has 0 aliphatic carbocycles. The molecule has 5 nitrogen and oxygen atoms in total. The van der Waals surface area contributed by atoms with E-state index in [2.05, 4.69) is 10.3 Å². The summed E-state index contributed by atoms with van der Waals surface area (Å²) in [5.41, 5.74) is 1.47. The Morgan fingerprint density at radius 3 is 2.50 bits per heavy atom. The Balaban J connectivity index is 1.57. The number of likely N-dealkylation sites (tertiary alicyclic amines) is 1. The molecule has 2 aromatic rings. The Labute approximate surface area is 162 Å². The van der Waals surface area contributed by atoms with Crippen LogP contribution in [0, 0.1) is 12.8 Å². The van der Waals surface area contributed by atoms with Gasteiger partial charge in [0.1, 0.15) is 5.82 Å². The van der Waals surface area contributed by atoms with Gasteiger partial charge in [0.05, 0.1) is 10.6 Å². The van der Waals surface area contributed by atoms with E-state index in [1.807, 2.05) is 13.0 Å². The fourth-order valence-corrected chi connectivity index (χ4v) is 3.44. The second kappa shape index (κ2) is 8.06. The van der Waals surface area contributed by atoms with Crippen molar-refractivity contribution in [3.05, 3.63) is 57.7 Å². The number of rotatable bonds is 3. The van der Waals surface area contributed by atoms with Crippen LogP contribution in [0.25, 0.3) is 0 Å². The quantitative estimate of drug-likeness (QED) is 0.852. The van der Waals surface area contributed by atoms with Gasteiger partial charge in [0, 0.05) is 30.2 Å². The highest BCUT2D eigenvalue weighted by Crippen LogP contribution is 2.25. The number of amides is 2. The number of hydrogen-bond donors (Lipinski definition) is 1. The molecule has 26 heavy (non-hydrogen) atoms. The standard InChI is InChI=1S/C19H19Cl2N3O2/c1-12-2-5-17(22-11-12)23-18(25)13-6-8-24(9-7-13)19(26)15-4-3-14(20)10-16(15)21/h2-5,10-11,13H,6-9H2,1H3,(H,22,23,25). The molecule has 0 unspecified atom stereocenters. The van der Waals surface area contributed by atoms with Crippen LogP contribution in [0.4, 0.5) is 5.82 Å². The Hall–Kier alpha value is -2.11. The Bertz CT molecular complexity index is 816. The van der Waals surface area contributed by atoms with Gasteiger partial charge < -0.3 is 10.2 Å². The molecule has 7 heteroatoms. The van der Waals surface area contributed by atoms with Crippen LogP contribution < -0.4 is 5.32 Å². The number of carbonyl (C=O) groups is 2. The van der Waals surface area contributed by atoms with E-state index in [-0.39, 0.29) is 17.7 Å². The monoisotopic (exact) mass is 391 g/mol. The summed E-state index contributed by atoms with van der Waals surface area (Å²) in [6.45, 7) is 2.96. The van der Waals surface area contributed by atoms with Gasteiger partial charge in [0.2, 0.25) is 5.91 Å². The third-order valence-corrected chi connectivity index (χ3v) is 5.02. The summed E-state index contributed by atoms with van der Waals surface area (Å²) in [6.07, 6.45) is 2.93. The third kappa shape index (κ3) is 4.34. The highest BCUT2D eigenvalue weighted by atomic mass is 35.5. The lowest BCUT2D eigenvalue weighted by Gasteiger charge is -2.31. The van der Waals surface area contributed by atoms with E-state index in [9.17, 15) is 9.59 Å². The van der Waals surface area contributed by atoms with Crippen LogP contribution >= 0.6 is 23.2 Å². The van der Waals surface area contributed by atoms with Gasteiger partial charge in [-0.3, -0.25) is 9.59 Å². The molecule has 1 saturated heterocycles. The van der Waals surface area contributed by atoms with Crippen LogP contribution in [-0.4, -0.2) is 34.8 Å². The second-order valence-electron chi connectivity index (χ2n) is 6.40. The first-order valence-electron chi connectivity index (χ1n) is 8.42. The molecule has 136 valence electrons. The van der Waals surface area contributed by atoms with Crippen molar-refractivity contribution in [3.8, 4) is 0 Å². The number of anilines is 1. The number of benzene rings is 1. The van der Waals surface area contributed by atoms with Crippen LogP contribution in [0.1, 0.15) is 28.8 Å². The molecular weight excluding hydrogens is 373 g/mol. The van der Waals surface area contributed by atoms with Crippen molar-refractivity contribution in [1.82, 2.24) is 9.88 Å². The van der Waals surface area contributed by atoms with Crippen LogP contribution in [0.2, 0.25) is 10.0 Å². The van der Waals surface area contributed by atoms with Crippen molar-refractivity contribution in [2.45, 2.75) is 19.8 Å². The molecule has 1 N–H and O–H groups in total. The Kier molecular flexibility index (Phi) is 5.79. The molecule has 0 radical (unpaired) electrons. The molecule has 2 heterocycles. The highest BCUT2D eigenvalue weighted by molar-refractivity contribution is 6.36. The molecule has 1 aromatic heterocycles. The van der Waals surface area contributed by atoms with E-state index < -0.39 is 0 Å². The zero-order chi connectivity index (χ0) is 18.7. The van der Waals surface area contributed by atoms with Crippen LogP contribution in [0.3, 0.4) is 0 Å². The van der Waals surface area contributed by atoms with Crippen molar-refractivity contribution in [2.75, 3.05) is 18.4 Å². The first kappa shape index (κ1) is 18.7. The van der Waals surface area contributed by atoms with Gasteiger partial charge in [0.25, 0.3) is 5.91 Å². The van der Waals surface area contributed by atoms with E-state index in [1.165, 1.54) is 0 Å². The van der Waals surface area contributed by atoms with Crippen molar-refractivity contribution < 1.29 is 9.59 Å².